The normalized spacial score (nSPS) is 10.8. The Kier molecular flexibility index (Phi) is 7.03. The third-order valence-electron chi connectivity index (χ3n) is 5.31. The van der Waals surface area contributed by atoms with Crippen LogP contribution in [-0.2, 0) is 9.59 Å². The zero-order valence-electron chi connectivity index (χ0n) is 18.6. The Morgan fingerprint density at radius 3 is 2.17 bits per heavy atom. The minimum atomic E-state index is -0.955. The molecule has 4 rings (SSSR count). The summed E-state index contributed by atoms with van der Waals surface area (Å²) < 4.78 is 1.24. The first-order chi connectivity index (χ1) is 16.6. The smallest absolute Gasteiger partial charge is 0.321 e. The van der Waals surface area contributed by atoms with Crippen molar-refractivity contribution in [1.82, 2.24) is 4.68 Å². The van der Waals surface area contributed by atoms with E-state index >= 15 is 0 Å². The molecule has 0 aliphatic rings. The molecule has 0 atom stereocenters. The van der Waals surface area contributed by atoms with E-state index in [1.807, 2.05) is 32.0 Å². The summed E-state index contributed by atoms with van der Waals surface area (Å²) in [6.45, 7) is 3.66. The van der Waals surface area contributed by atoms with Gasteiger partial charge in [-0.2, -0.15) is 0 Å². The van der Waals surface area contributed by atoms with Crippen LogP contribution in [0.15, 0.2) is 60.7 Å². The Labute approximate surface area is 215 Å². The standard InChI is InChI=1S/C25H19Cl3N4O3/c1-13-4-3-5-14(2)22(13)30-24(34)25(35)31-32-20-9-6-16(26)10-15(20)11-21(32)23(33)29-17-7-8-18(27)19(28)12-17/h3-12H,1-2H3,(H,29,33)(H,30,34)(H,31,35). The van der Waals surface area contributed by atoms with Crippen LogP contribution in [0, 0.1) is 13.8 Å². The summed E-state index contributed by atoms with van der Waals surface area (Å²) in [5.74, 6) is -2.39. The van der Waals surface area contributed by atoms with E-state index in [1.54, 1.807) is 36.4 Å². The fourth-order valence-corrected chi connectivity index (χ4v) is 4.06. The first-order valence-electron chi connectivity index (χ1n) is 10.4. The predicted molar refractivity (Wildman–Crippen MR) is 140 cm³/mol. The lowest BCUT2D eigenvalue weighted by Crippen LogP contribution is -2.36. The summed E-state index contributed by atoms with van der Waals surface area (Å²) >= 11 is 18.1. The number of para-hydroxylation sites is 1. The Bertz CT molecular complexity index is 1480. The maximum Gasteiger partial charge on any atom is 0.328 e. The molecule has 0 saturated carbocycles. The molecule has 0 bridgehead atoms. The fraction of sp³-hybridized carbons (Fsp3) is 0.0800. The van der Waals surface area contributed by atoms with Crippen molar-refractivity contribution >= 4 is 74.8 Å². The topological polar surface area (TPSA) is 92.2 Å². The number of carbonyl (C=O) groups is 3. The third kappa shape index (κ3) is 5.27. The number of hydrogen-bond acceptors (Lipinski definition) is 3. The molecule has 3 amide bonds. The van der Waals surface area contributed by atoms with Gasteiger partial charge < -0.3 is 10.6 Å². The second-order valence-electron chi connectivity index (χ2n) is 7.81. The van der Waals surface area contributed by atoms with E-state index in [0.29, 0.717) is 32.3 Å². The Morgan fingerprint density at radius 2 is 1.49 bits per heavy atom. The average molecular weight is 530 g/mol. The number of hydrogen-bond donors (Lipinski definition) is 3. The van der Waals surface area contributed by atoms with Gasteiger partial charge in [0.1, 0.15) is 5.69 Å². The largest absolute Gasteiger partial charge is 0.328 e. The molecule has 1 aromatic heterocycles. The van der Waals surface area contributed by atoms with E-state index in [-0.39, 0.29) is 10.7 Å². The molecule has 10 heteroatoms. The van der Waals surface area contributed by atoms with Crippen LogP contribution in [0.25, 0.3) is 10.9 Å². The van der Waals surface area contributed by atoms with E-state index in [9.17, 15) is 14.4 Å². The highest BCUT2D eigenvalue weighted by Crippen LogP contribution is 2.27. The molecule has 3 N–H and O–H groups in total. The van der Waals surface area contributed by atoms with Gasteiger partial charge >= 0.3 is 11.8 Å². The van der Waals surface area contributed by atoms with Crippen LogP contribution in [0.2, 0.25) is 15.1 Å². The molecule has 0 aliphatic carbocycles. The van der Waals surface area contributed by atoms with Gasteiger partial charge in [-0.1, -0.05) is 53.0 Å². The Morgan fingerprint density at radius 1 is 0.771 bits per heavy atom. The molecule has 7 nitrogen and oxygen atoms in total. The minimum Gasteiger partial charge on any atom is -0.321 e. The number of fused-ring (bicyclic) bond motifs is 1. The summed E-state index contributed by atoms with van der Waals surface area (Å²) in [6.07, 6.45) is 0. The zero-order valence-corrected chi connectivity index (χ0v) is 20.8. The van der Waals surface area contributed by atoms with Crippen molar-refractivity contribution in [3.8, 4) is 0 Å². The van der Waals surface area contributed by atoms with E-state index in [4.69, 9.17) is 34.8 Å². The number of aryl methyl sites for hydroxylation is 2. The van der Waals surface area contributed by atoms with Gasteiger partial charge in [0, 0.05) is 21.8 Å². The summed E-state index contributed by atoms with van der Waals surface area (Å²) in [6, 6.07) is 16.6. The zero-order chi connectivity index (χ0) is 25.3. The molecule has 178 valence electrons. The van der Waals surface area contributed by atoms with Crippen LogP contribution in [0.3, 0.4) is 0 Å². The lowest BCUT2D eigenvalue weighted by Gasteiger charge is -2.14. The van der Waals surface area contributed by atoms with E-state index in [0.717, 1.165) is 11.1 Å². The van der Waals surface area contributed by atoms with Gasteiger partial charge in [0.2, 0.25) is 0 Å². The van der Waals surface area contributed by atoms with Crippen LogP contribution >= 0.6 is 34.8 Å². The SMILES string of the molecule is Cc1cccc(C)c1NC(=O)C(=O)Nn1c(C(=O)Nc2ccc(Cl)c(Cl)c2)cc2cc(Cl)ccc21. The second-order valence-corrected chi connectivity index (χ2v) is 9.06. The quantitative estimate of drug-likeness (QED) is 0.276. The number of anilines is 2. The highest BCUT2D eigenvalue weighted by Gasteiger charge is 2.22. The number of nitrogens with one attached hydrogen (secondary N) is 3. The van der Waals surface area contributed by atoms with Gasteiger partial charge in [0.15, 0.2) is 0 Å². The number of nitrogens with zero attached hydrogens (tertiary/aromatic N) is 1. The maximum atomic E-state index is 13.1. The van der Waals surface area contributed by atoms with Crippen molar-refractivity contribution < 1.29 is 14.4 Å². The number of halogens is 3. The number of benzene rings is 3. The molecule has 0 spiro atoms. The third-order valence-corrected chi connectivity index (χ3v) is 6.29. The van der Waals surface area contributed by atoms with Crippen molar-refractivity contribution in [2.24, 2.45) is 0 Å². The van der Waals surface area contributed by atoms with E-state index in [2.05, 4.69) is 16.1 Å². The summed E-state index contributed by atoms with van der Waals surface area (Å²) in [5.41, 5.74) is 5.64. The highest BCUT2D eigenvalue weighted by molar-refractivity contribution is 6.43. The molecule has 0 unspecified atom stereocenters. The van der Waals surface area contributed by atoms with Gasteiger partial charge in [-0.25, -0.2) is 4.68 Å². The molecule has 3 aromatic carbocycles. The molecule has 35 heavy (non-hydrogen) atoms. The predicted octanol–water partition coefficient (Wildman–Crippen LogP) is 6.18. The van der Waals surface area contributed by atoms with Gasteiger partial charge in [-0.05, 0) is 67.4 Å². The van der Waals surface area contributed by atoms with Crippen molar-refractivity contribution in [2.45, 2.75) is 13.8 Å². The van der Waals surface area contributed by atoms with E-state index < -0.39 is 17.7 Å². The number of carbonyl (C=O) groups excluding carboxylic acids is 3. The molecule has 0 saturated heterocycles. The van der Waals surface area contributed by atoms with Crippen molar-refractivity contribution in [3.05, 3.63) is 92.6 Å². The lowest BCUT2D eigenvalue weighted by atomic mass is 10.1. The number of aromatic nitrogens is 1. The molecule has 0 aliphatic heterocycles. The summed E-state index contributed by atoms with van der Waals surface area (Å²) in [7, 11) is 0. The minimum absolute atomic E-state index is 0.0709. The lowest BCUT2D eigenvalue weighted by molar-refractivity contribution is -0.133. The first kappa shape index (κ1) is 24.6. The van der Waals surface area contributed by atoms with E-state index in [1.165, 1.54) is 10.7 Å². The molecule has 1 heterocycles. The van der Waals surface area contributed by atoms with Gasteiger partial charge in [-0.3, -0.25) is 19.8 Å². The molecule has 0 radical (unpaired) electrons. The van der Waals surface area contributed by atoms with Crippen LogP contribution in [0.4, 0.5) is 11.4 Å². The highest BCUT2D eigenvalue weighted by atomic mass is 35.5. The van der Waals surface area contributed by atoms with Crippen molar-refractivity contribution in [2.75, 3.05) is 16.1 Å². The molecular weight excluding hydrogens is 511 g/mol. The van der Waals surface area contributed by atoms with Gasteiger partial charge in [-0.15, -0.1) is 0 Å². The van der Waals surface area contributed by atoms with Crippen molar-refractivity contribution in [3.63, 3.8) is 0 Å². The van der Waals surface area contributed by atoms with Crippen LogP contribution in [0.1, 0.15) is 21.6 Å². The number of rotatable bonds is 4. The number of amides is 3. The summed E-state index contributed by atoms with van der Waals surface area (Å²) in [5, 5.41) is 7.00. The Hall–Kier alpha value is -3.52. The molecule has 4 aromatic rings. The summed E-state index contributed by atoms with van der Waals surface area (Å²) in [4.78, 5) is 38.6. The first-order valence-corrected chi connectivity index (χ1v) is 11.5. The van der Waals surface area contributed by atoms with Crippen LogP contribution < -0.4 is 16.1 Å². The molecule has 0 fully saturated rings. The molecular formula is C25H19Cl3N4O3. The Balaban J connectivity index is 1.65. The van der Waals surface area contributed by atoms with Gasteiger partial charge in [0.05, 0.1) is 15.6 Å². The van der Waals surface area contributed by atoms with Crippen LogP contribution in [-0.4, -0.2) is 22.4 Å². The fourth-order valence-electron chi connectivity index (χ4n) is 3.58. The maximum absolute atomic E-state index is 13.1. The van der Waals surface area contributed by atoms with Crippen molar-refractivity contribution in [1.29, 1.82) is 0 Å². The van der Waals surface area contributed by atoms with Crippen LogP contribution in [0.5, 0.6) is 0 Å². The monoisotopic (exact) mass is 528 g/mol. The second kappa shape index (κ2) is 10.00. The average Bonchev–Trinajstić information content (AvgIpc) is 3.16. The van der Waals surface area contributed by atoms with Gasteiger partial charge in [0.25, 0.3) is 5.91 Å².